The van der Waals surface area contributed by atoms with Crippen molar-refractivity contribution in [1.29, 1.82) is 0 Å². The molecule has 0 bridgehead atoms. The molecule has 0 saturated heterocycles. The average molecular weight is 465 g/mol. The third-order valence-corrected chi connectivity index (χ3v) is 4.62. The third-order valence-electron chi connectivity index (χ3n) is 4.62. The first kappa shape index (κ1) is 28.2. The van der Waals surface area contributed by atoms with Gasteiger partial charge in [0.25, 0.3) is 0 Å². The number of carbonyl (C=O) groups is 1. The van der Waals surface area contributed by atoms with E-state index >= 15 is 0 Å². The second-order valence-corrected chi connectivity index (χ2v) is 6.84. The van der Waals surface area contributed by atoms with Crippen LogP contribution in [-0.4, -0.2) is 63.3 Å². The van der Waals surface area contributed by atoms with Gasteiger partial charge >= 0.3 is 0 Å². The zero-order valence-electron chi connectivity index (χ0n) is 19.8. The van der Waals surface area contributed by atoms with Gasteiger partial charge in [0.2, 0.25) is 0 Å². The summed E-state index contributed by atoms with van der Waals surface area (Å²) in [6, 6.07) is 8.17. The molecule has 0 atom stereocenters. The molecule has 0 aliphatic carbocycles. The summed E-state index contributed by atoms with van der Waals surface area (Å²) >= 11 is 0. The van der Waals surface area contributed by atoms with Crippen LogP contribution < -0.4 is 20.5 Å². The molecular weight excluding hydrogens is 428 g/mol. The number of methoxy groups -OCH3 is 2. The van der Waals surface area contributed by atoms with Crippen molar-refractivity contribution >= 4 is 6.29 Å². The number of fused-ring (bicyclic) bond motifs is 1. The highest BCUT2D eigenvalue weighted by Gasteiger charge is 2.12. The average Bonchev–Trinajstić information content (AvgIpc) is 2.84. The van der Waals surface area contributed by atoms with Crippen LogP contribution in [0, 0.1) is 0 Å². The summed E-state index contributed by atoms with van der Waals surface area (Å²) in [5.74, 6) is 1.15. The maximum absolute atomic E-state index is 10.2. The summed E-state index contributed by atoms with van der Waals surface area (Å²) in [5.41, 5.74) is 8.17. The summed E-state index contributed by atoms with van der Waals surface area (Å²) in [6.45, 7) is 7.42. The lowest BCUT2D eigenvalue weighted by molar-refractivity contribution is -0.128. The molecule has 0 unspecified atom stereocenters. The van der Waals surface area contributed by atoms with Crippen LogP contribution in [0.15, 0.2) is 30.3 Å². The summed E-state index contributed by atoms with van der Waals surface area (Å²) in [5, 5.41) is 21.9. The monoisotopic (exact) mass is 464 g/mol. The van der Waals surface area contributed by atoms with Crippen LogP contribution in [0.25, 0.3) is 0 Å². The number of aromatic hydroxyl groups is 2. The molecule has 1 aliphatic rings. The van der Waals surface area contributed by atoms with Gasteiger partial charge in [-0.25, -0.2) is 0 Å². The fraction of sp³-hybridized carbons (Fsp3) is 0.458. The van der Waals surface area contributed by atoms with Crippen molar-refractivity contribution in [2.45, 2.75) is 33.1 Å². The SMILES string of the molecule is CCOC(CN)OCC.COc1cc2c(cc1O)CNCC2.COc1ccc(C=O)cc1O. The number of phenols is 2. The molecule has 9 nitrogen and oxygen atoms in total. The van der Waals surface area contributed by atoms with Crippen LogP contribution in [0.5, 0.6) is 23.0 Å². The van der Waals surface area contributed by atoms with E-state index in [0.29, 0.717) is 43.1 Å². The van der Waals surface area contributed by atoms with Crippen LogP contribution in [0.4, 0.5) is 0 Å². The molecule has 1 aliphatic heterocycles. The minimum Gasteiger partial charge on any atom is -0.504 e. The van der Waals surface area contributed by atoms with Crippen LogP contribution in [0.2, 0.25) is 0 Å². The van der Waals surface area contributed by atoms with E-state index < -0.39 is 0 Å². The lowest BCUT2D eigenvalue weighted by atomic mass is 10.0. The Kier molecular flexibility index (Phi) is 13.6. The Balaban J connectivity index is 0.000000253. The van der Waals surface area contributed by atoms with Gasteiger partial charge in [-0.15, -0.1) is 0 Å². The molecule has 0 amide bonds. The number of hydrogen-bond acceptors (Lipinski definition) is 9. The number of phenolic OH excluding ortho intramolecular Hbond substituents is 2. The maximum atomic E-state index is 10.2. The Hall–Kier alpha value is -2.85. The smallest absolute Gasteiger partial charge is 0.169 e. The Labute approximate surface area is 195 Å². The molecule has 2 aromatic rings. The molecular formula is C24H36N2O7. The van der Waals surface area contributed by atoms with Crippen LogP contribution in [-0.2, 0) is 22.4 Å². The van der Waals surface area contributed by atoms with Crippen molar-refractivity contribution in [1.82, 2.24) is 5.32 Å². The number of hydrogen-bond donors (Lipinski definition) is 4. The second kappa shape index (κ2) is 15.9. The quantitative estimate of drug-likeness (QED) is 0.344. The van der Waals surface area contributed by atoms with E-state index in [1.165, 1.54) is 24.3 Å². The third kappa shape index (κ3) is 9.67. The summed E-state index contributed by atoms with van der Waals surface area (Å²) < 4.78 is 20.0. The first-order valence-electron chi connectivity index (χ1n) is 10.8. The zero-order valence-corrected chi connectivity index (χ0v) is 19.8. The van der Waals surface area contributed by atoms with E-state index in [1.54, 1.807) is 25.3 Å². The maximum Gasteiger partial charge on any atom is 0.169 e. The van der Waals surface area contributed by atoms with Crippen LogP contribution in [0.1, 0.15) is 35.3 Å². The van der Waals surface area contributed by atoms with E-state index in [4.69, 9.17) is 29.8 Å². The number of aldehydes is 1. The van der Waals surface area contributed by atoms with E-state index in [9.17, 15) is 9.90 Å². The Morgan fingerprint density at radius 2 is 1.64 bits per heavy atom. The predicted octanol–water partition coefficient (Wildman–Crippen LogP) is 2.60. The van der Waals surface area contributed by atoms with Gasteiger partial charge in [-0.3, -0.25) is 4.79 Å². The van der Waals surface area contributed by atoms with Crippen molar-refractivity contribution in [2.75, 3.05) is 40.5 Å². The van der Waals surface area contributed by atoms with Crippen LogP contribution in [0.3, 0.4) is 0 Å². The molecule has 1 heterocycles. The minimum atomic E-state index is -0.208. The largest absolute Gasteiger partial charge is 0.504 e. The Morgan fingerprint density at radius 1 is 1.00 bits per heavy atom. The number of nitrogens with one attached hydrogen (secondary N) is 1. The van der Waals surface area contributed by atoms with E-state index in [0.717, 1.165) is 19.5 Å². The molecule has 0 aromatic heterocycles. The molecule has 33 heavy (non-hydrogen) atoms. The Bertz CT molecular complexity index is 840. The van der Waals surface area contributed by atoms with Crippen molar-refractivity contribution in [3.8, 4) is 23.0 Å². The van der Waals surface area contributed by atoms with Crippen LogP contribution >= 0.6 is 0 Å². The molecule has 0 spiro atoms. The number of ether oxygens (including phenoxy) is 4. The van der Waals surface area contributed by atoms with Gasteiger partial charge in [0.05, 0.1) is 14.2 Å². The first-order valence-corrected chi connectivity index (χ1v) is 10.8. The van der Waals surface area contributed by atoms with Gasteiger partial charge in [-0.2, -0.15) is 0 Å². The van der Waals surface area contributed by atoms with Crippen molar-refractivity contribution in [3.05, 3.63) is 47.0 Å². The van der Waals surface area contributed by atoms with E-state index in [2.05, 4.69) is 5.32 Å². The first-order chi connectivity index (χ1) is 15.9. The molecule has 0 radical (unpaired) electrons. The molecule has 0 saturated carbocycles. The van der Waals surface area contributed by atoms with Gasteiger partial charge < -0.3 is 40.2 Å². The predicted molar refractivity (Wildman–Crippen MR) is 126 cm³/mol. The van der Waals surface area contributed by atoms with E-state index in [-0.39, 0.29) is 17.8 Å². The van der Waals surface area contributed by atoms with Gasteiger partial charge in [0, 0.05) is 31.9 Å². The number of benzene rings is 2. The lowest BCUT2D eigenvalue weighted by Gasteiger charge is -2.18. The highest BCUT2D eigenvalue weighted by atomic mass is 16.7. The lowest BCUT2D eigenvalue weighted by Crippen LogP contribution is -2.26. The Morgan fingerprint density at radius 3 is 2.15 bits per heavy atom. The number of rotatable bonds is 8. The van der Waals surface area contributed by atoms with Gasteiger partial charge in [-0.1, -0.05) is 0 Å². The fourth-order valence-electron chi connectivity index (χ4n) is 3.00. The van der Waals surface area contributed by atoms with Crippen molar-refractivity contribution in [3.63, 3.8) is 0 Å². The highest BCUT2D eigenvalue weighted by molar-refractivity contribution is 5.76. The molecule has 184 valence electrons. The topological polar surface area (TPSA) is 132 Å². The second-order valence-electron chi connectivity index (χ2n) is 6.84. The number of nitrogens with two attached hydrogens (primary N) is 1. The summed E-state index contributed by atoms with van der Waals surface area (Å²) in [7, 11) is 3.03. The van der Waals surface area contributed by atoms with Crippen molar-refractivity contribution in [2.24, 2.45) is 5.73 Å². The molecule has 3 rings (SSSR count). The number of carbonyl (C=O) groups excluding carboxylic acids is 1. The van der Waals surface area contributed by atoms with Gasteiger partial charge in [0.15, 0.2) is 29.3 Å². The molecule has 2 aromatic carbocycles. The molecule has 9 heteroatoms. The summed E-state index contributed by atoms with van der Waals surface area (Å²) in [6.07, 6.45) is 1.46. The highest BCUT2D eigenvalue weighted by Crippen LogP contribution is 2.30. The zero-order chi connectivity index (χ0) is 24.6. The standard InChI is InChI=1S/C10H13NO2.C8H8O3.C6H15NO2/c1-13-10-5-7-2-3-11-6-8(7)4-9(10)12;1-11-8-3-2-6(5-9)4-7(8)10;1-3-8-6(5-7)9-4-2/h4-5,11-12H,2-3,6H2,1H3;2-5,10H,1H3;6H,3-5,7H2,1-2H3. The van der Waals surface area contributed by atoms with Crippen molar-refractivity contribution < 1.29 is 34.0 Å². The fourth-order valence-corrected chi connectivity index (χ4v) is 3.00. The van der Waals surface area contributed by atoms with Gasteiger partial charge in [0.1, 0.15) is 6.29 Å². The van der Waals surface area contributed by atoms with Gasteiger partial charge in [-0.05, 0) is 68.3 Å². The summed E-state index contributed by atoms with van der Waals surface area (Å²) in [4.78, 5) is 10.2. The molecule has 5 N–H and O–H groups in total. The minimum absolute atomic E-state index is 0.0166. The normalized spacial score (nSPS) is 11.9. The molecule has 0 fully saturated rings. The van der Waals surface area contributed by atoms with E-state index in [1.807, 2.05) is 19.9 Å².